The van der Waals surface area contributed by atoms with E-state index in [0.29, 0.717) is 18.4 Å². The number of carbonyl (C=O) groups is 2. The Kier molecular flexibility index (Phi) is 4.45. The molecule has 1 amide bonds. The lowest BCUT2D eigenvalue weighted by molar-refractivity contribution is -0.141. The number of nitrogens with one attached hydrogen (secondary N) is 1. The Labute approximate surface area is 114 Å². The molecule has 4 unspecified atom stereocenters. The molecular weight excluding hydrogens is 244 g/mol. The Bertz CT molecular complexity index is 359. The van der Waals surface area contributed by atoms with E-state index in [9.17, 15) is 9.59 Å². The van der Waals surface area contributed by atoms with Gasteiger partial charge in [-0.15, -0.1) is 0 Å². The van der Waals surface area contributed by atoms with Crippen molar-refractivity contribution in [2.75, 3.05) is 13.1 Å². The number of rotatable bonds is 5. The molecule has 0 aromatic rings. The van der Waals surface area contributed by atoms with Gasteiger partial charge in [-0.05, 0) is 45.1 Å². The van der Waals surface area contributed by atoms with Gasteiger partial charge in [-0.2, -0.15) is 0 Å². The van der Waals surface area contributed by atoms with Gasteiger partial charge in [0.15, 0.2) is 0 Å². The lowest BCUT2D eigenvalue weighted by Crippen LogP contribution is -2.50. The van der Waals surface area contributed by atoms with Crippen LogP contribution in [-0.2, 0) is 9.59 Å². The molecule has 4 atom stereocenters. The molecule has 2 rings (SSSR count). The van der Waals surface area contributed by atoms with Crippen molar-refractivity contribution in [1.82, 2.24) is 10.2 Å². The summed E-state index contributed by atoms with van der Waals surface area (Å²) in [6, 6.07) is -0.332. The third-order valence-electron chi connectivity index (χ3n) is 4.64. The summed E-state index contributed by atoms with van der Waals surface area (Å²) < 4.78 is 0. The van der Waals surface area contributed by atoms with Crippen LogP contribution in [0.3, 0.4) is 0 Å². The normalized spacial score (nSPS) is 30.9. The second kappa shape index (κ2) is 5.90. The van der Waals surface area contributed by atoms with E-state index in [1.807, 2.05) is 13.8 Å². The second-order valence-electron chi connectivity index (χ2n) is 5.81. The van der Waals surface area contributed by atoms with Crippen molar-refractivity contribution in [2.45, 2.75) is 51.6 Å². The number of carboxylic acids is 1. The summed E-state index contributed by atoms with van der Waals surface area (Å²) in [5, 5.41) is 12.2. The molecule has 2 N–H and O–H groups in total. The fourth-order valence-electron chi connectivity index (χ4n) is 3.68. The first-order valence-corrected chi connectivity index (χ1v) is 7.30. The zero-order valence-corrected chi connectivity index (χ0v) is 11.8. The van der Waals surface area contributed by atoms with Crippen LogP contribution in [0, 0.1) is 11.8 Å². The highest BCUT2D eigenvalue weighted by Gasteiger charge is 2.44. The van der Waals surface area contributed by atoms with Gasteiger partial charge in [0.1, 0.15) is 0 Å². The Morgan fingerprint density at radius 1 is 1.42 bits per heavy atom. The van der Waals surface area contributed by atoms with Gasteiger partial charge in [-0.25, -0.2) is 0 Å². The number of hydrogen-bond donors (Lipinski definition) is 2. The first kappa shape index (κ1) is 14.3. The minimum absolute atomic E-state index is 0.0143. The zero-order valence-electron chi connectivity index (χ0n) is 11.8. The van der Waals surface area contributed by atoms with E-state index in [1.165, 1.54) is 12.8 Å². The van der Waals surface area contributed by atoms with Crippen molar-refractivity contribution in [2.24, 2.45) is 11.8 Å². The van der Waals surface area contributed by atoms with Gasteiger partial charge in [0.2, 0.25) is 5.91 Å². The van der Waals surface area contributed by atoms with Gasteiger partial charge in [0.05, 0.1) is 12.5 Å². The molecule has 1 aliphatic carbocycles. The molecule has 0 aromatic carbocycles. The van der Waals surface area contributed by atoms with Crippen LogP contribution in [0.2, 0.25) is 0 Å². The molecule has 1 saturated heterocycles. The molecule has 1 saturated carbocycles. The lowest BCUT2D eigenvalue weighted by Gasteiger charge is -2.31. The smallest absolute Gasteiger partial charge is 0.305 e. The van der Waals surface area contributed by atoms with Crippen LogP contribution in [0.25, 0.3) is 0 Å². The van der Waals surface area contributed by atoms with Gasteiger partial charge in [-0.1, -0.05) is 6.42 Å². The molecule has 0 aromatic heterocycles. The van der Waals surface area contributed by atoms with Gasteiger partial charge in [0, 0.05) is 12.6 Å². The van der Waals surface area contributed by atoms with Crippen LogP contribution in [0.1, 0.15) is 39.5 Å². The number of carboxylic acid groups (broad SMARTS) is 1. The standard InChI is InChI=1S/C14H24N2O3/c1-3-16(9(2)7-12(17)18)14(19)13-11-6-4-5-10(11)8-15-13/h9-11,13,15H,3-8H2,1-2H3,(H,17,18). The molecule has 5 nitrogen and oxygen atoms in total. The van der Waals surface area contributed by atoms with Gasteiger partial charge in [-0.3, -0.25) is 9.59 Å². The molecule has 0 spiro atoms. The van der Waals surface area contributed by atoms with Crippen molar-refractivity contribution in [3.05, 3.63) is 0 Å². The van der Waals surface area contributed by atoms with Crippen molar-refractivity contribution in [3.63, 3.8) is 0 Å². The van der Waals surface area contributed by atoms with Crippen molar-refractivity contribution in [1.29, 1.82) is 0 Å². The summed E-state index contributed by atoms with van der Waals surface area (Å²) in [6.07, 6.45) is 3.58. The molecule has 2 fully saturated rings. The van der Waals surface area contributed by atoms with Gasteiger partial charge in [0.25, 0.3) is 0 Å². The fourth-order valence-corrected chi connectivity index (χ4v) is 3.68. The Morgan fingerprint density at radius 2 is 2.16 bits per heavy atom. The molecule has 0 bridgehead atoms. The van der Waals surface area contributed by atoms with Crippen LogP contribution >= 0.6 is 0 Å². The first-order chi connectivity index (χ1) is 9.04. The highest BCUT2D eigenvalue weighted by molar-refractivity contribution is 5.83. The molecule has 2 aliphatic rings. The molecular formula is C14H24N2O3. The number of hydrogen-bond acceptors (Lipinski definition) is 3. The predicted molar refractivity (Wildman–Crippen MR) is 71.7 cm³/mol. The maximum Gasteiger partial charge on any atom is 0.305 e. The largest absolute Gasteiger partial charge is 0.481 e. The van der Waals surface area contributed by atoms with Crippen LogP contribution in [-0.4, -0.2) is 47.1 Å². The number of carbonyl (C=O) groups excluding carboxylic acids is 1. The molecule has 108 valence electrons. The molecule has 19 heavy (non-hydrogen) atoms. The Balaban J connectivity index is 2.02. The average molecular weight is 268 g/mol. The van der Waals surface area contributed by atoms with Crippen molar-refractivity contribution in [3.8, 4) is 0 Å². The monoisotopic (exact) mass is 268 g/mol. The highest BCUT2D eigenvalue weighted by Crippen LogP contribution is 2.38. The molecule has 5 heteroatoms. The van der Waals surface area contributed by atoms with E-state index in [1.54, 1.807) is 4.90 Å². The minimum Gasteiger partial charge on any atom is -0.481 e. The summed E-state index contributed by atoms with van der Waals surface area (Å²) >= 11 is 0. The quantitative estimate of drug-likeness (QED) is 0.783. The maximum atomic E-state index is 12.6. The van der Waals surface area contributed by atoms with E-state index in [0.717, 1.165) is 13.0 Å². The number of amides is 1. The van der Waals surface area contributed by atoms with Crippen molar-refractivity contribution >= 4 is 11.9 Å². The van der Waals surface area contributed by atoms with Gasteiger partial charge >= 0.3 is 5.97 Å². The van der Waals surface area contributed by atoms with E-state index in [4.69, 9.17) is 5.11 Å². The SMILES string of the molecule is CCN(C(=O)C1NCC2CCCC21)C(C)CC(=O)O. The van der Waals surface area contributed by atoms with E-state index in [-0.39, 0.29) is 24.4 Å². The third kappa shape index (κ3) is 2.91. The number of fused-ring (bicyclic) bond motifs is 1. The summed E-state index contributed by atoms with van der Waals surface area (Å²) in [6.45, 7) is 5.24. The third-order valence-corrected chi connectivity index (χ3v) is 4.64. The topological polar surface area (TPSA) is 69.6 Å². The van der Waals surface area contributed by atoms with Gasteiger partial charge < -0.3 is 15.3 Å². The van der Waals surface area contributed by atoms with E-state index >= 15 is 0 Å². The predicted octanol–water partition coefficient (Wildman–Crippen LogP) is 1.09. The minimum atomic E-state index is -0.850. The Morgan fingerprint density at radius 3 is 2.79 bits per heavy atom. The number of aliphatic carboxylic acids is 1. The van der Waals surface area contributed by atoms with E-state index in [2.05, 4.69) is 5.32 Å². The summed E-state index contributed by atoms with van der Waals surface area (Å²) in [7, 11) is 0. The van der Waals surface area contributed by atoms with E-state index < -0.39 is 5.97 Å². The maximum absolute atomic E-state index is 12.6. The van der Waals surface area contributed by atoms with Crippen LogP contribution in [0.4, 0.5) is 0 Å². The summed E-state index contributed by atoms with van der Waals surface area (Å²) in [4.78, 5) is 25.1. The number of likely N-dealkylation sites (N-methyl/N-ethyl adjacent to an activating group) is 1. The highest BCUT2D eigenvalue weighted by atomic mass is 16.4. The first-order valence-electron chi connectivity index (χ1n) is 7.30. The summed E-state index contributed by atoms with van der Waals surface area (Å²) in [5.41, 5.74) is 0. The van der Waals surface area contributed by atoms with Crippen molar-refractivity contribution < 1.29 is 14.7 Å². The second-order valence-corrected chi connectivity index (χ2v) is 5.81. The summed E-state index contributed by atoms with van der Waals surface area (Å²) in [5.74, 6) is 0.337. The van der Waals surface area contributed by atoms with Crippen LogP contribution in [0.15, 0.2) is 0 Å². The molecule has 1 heterocycles. The van der Waals surface area contributed by atoms with Crippen LogP contribution in [0.5, 0.6) is 0 Å². The lowest BCUT2D eigenvalue weighted by atomic mass is 9.93. The average Bonchev–Trinajstić information content (AvgIpc) is 2.89. The molecule has 1 aliphatic heterocycles. The molecule has 0 radical (unpaired) electrons. The Hall–Kier alpha value is -1.10. The number of nitrogens with zero attached hydrogens (tertiary/aromatic N) is 1. The van der Waals surface area contributed by atoms with Crippen LogP contribution < -0.4 is 5.32 Å². The zero-order chi connectivity index (χ0) is 14.0. The fraction of sp³-hybridized carbons (Fsp3) is 0.857.